The SMILES string of the molecule is C[C@H](CC(=O)O)NC[C@H](C)NC[C@@H](N)C(=O)O. The van der Waals surface area contributed by atoms with Gasteiger partial charge in [0.25, 0.3) is 0 Å². The number of hydrogen-bond donors (Lipinski definition) is 5. The second-order valence-corrected chi connectivity index (χ2v) is 4.16. The fourth-order valence-corrected chi connectivity index (χ4v) is 1.20. The molecule has 6 N–H and O–H groups in total. The molecule has 17 heavy (non-hydrogen) atoms. The lowest BCUT2D eigenvalue weighted by Gasteiger charge is -2.18. The Morgan fingerprint density at radius 3 is 2.12 bits per heavy atom. The third-order valence-electron chi connectivity index (χ3n) is 2.26. The summed E-state index contributed by atoms with van der Waals surface area (Å²) < 4.78 is 0. The van der Waals surface area contributed by atoms with Crippen LogP contribution in [-0.4, -0.2) is 53.4 Å². The number of rotatable bonds is 9. The van der Waals surface area contributed by atoms with Crippen LogP contribution in [0.25, 0.3) is 0 Å². The topological polar surface area (TPSA) is 125 Å². The van der Waals surface area contributed by atoms with Gasteiger partial charge in [0.1, 0.15) is 6.04 Å². The first-order valence-corrected chi connectivity index (χ1v) is 5.49. The predicted octanol–water partition coefficient (Wildman–Crippen LogP) is -1.17. The molecule has 7 heteroatoms. The number of carboxylic acid groups (broad SMARTS) is 2. The van der Waals surface area contributed by atoms with Crippen molar-refractivity contribution in [2.24, 2.45) is 5.73 Å². The van der Waals surface area contributed by atoms with Crippen LogP contribution in [0.5, 0.6) is 0 Å². The first-order valence-electron chi connectivity index (χ1n) is 5.49. The molecule has 3 atom stereocenters. The molecule has 7 nitrogen and oxygen atoms in total. The highest BCUT2D eigenvalue weighted by molar-refractivity contribution is 5.73. The van der Waals surface area contributed by atoms with E-state index < -0.39 is 18.0 Å². The van der Waals surface area contributed by atoms with Gasteiger partial charge in [-0.15, -0.1) is 0 Å². The van der Waals surface area contributed by atoms with Crippen molar-refractivity contribution in [3.8, 4) is 0 Å². The molecule has 0 amide bonds. The van der Waals surface area contributed by atoms with Gasteiger partial charge in [0.2, 0.25) is 0 Å². The Balaban J connectivity index is 3.69. The van der Waals surface area contributed by atoms with E-state index in [1.165, 1.54) is 0 Å². The van der Waals surface area contributed by atoms with Gasteiger partial charge in [-0.05, 0) is 13.8 Å². The zero-order valence-electron chi connectivity index (χ0n) is 10.1. The van der Waals surface area contributed by atoms with Crippen LogP contribution in [0.2, 0.25) is 0 Å². The lowest BCUT2D eigenvalue weighted by atomic mass is 10.2. The molecule has 0 saturated carbocycles. The Morgan fingerprint density at radius 2 is 1.65 bits per heavy atom. The average Bonchev–Trinajstić information content (AvgIpc) is 2.21. The number of hydrogen-bond acceptors (Lipinski definition) is 5. The van der Waals surface area contributed by atoms with E-state index in [1.807, 2.05) is 6.92 Å². The summed E-state index contributed by atoms with van der Waals surface area (Å²) in [5.41, 5.74) is 5.33. The van der Waals surface area contributed by atoms with E-state index in [9.17, 15) is 9.59 Å². The van der Waals surface area contributed by atoms with Crippen molar-refractivity contribution in [3.05, 3.63) is 0 Å². The molecule has 0 unspecified atom stereocenters. The maximum atomic E-state index is 10.5. The van der Waals surface area contributed by atoms with Crippen LogP contribution in [0.4, 0.5) is 0 Å². The van der Waals surface area contributed by atoms with E-state index in [0.717, 1.165) is 0 Å². The standard InChI is InChI=1S/C10H21N3O4/c1-6(3-9(14)15)12-4-7(2)13-5-8(11)10(16)17/h6-8,12-13H,3-5,11H2,1-2H3,(H,14,15)(H,16,17)/t6-,7+,8-/m1/s1. The monoisotopic (exact) mass is 247 g/mol. The van der Waals surface area contributed by atoms with Crippen molar-refractivity contribution in [1.29, 1.82) is 0 Å². The van der Waals surface area contributed by atoms with Gasteiger partial charge < -0.3 is 26.6 Å². The third kappa shape index (κ3) is 8.61. The van der Waals surface area contributed by atoms with Gasteiger partial charge >= 0.3 is 11.9 Å². The van der Waals surface area contributed by atoms with Crippen molar-refractivity contribution in [2.45, 2.75) is 38.4 Å². The maximum absolute atomic E-state index is 10.5. The van der Waals surface area contributed by atoms with Crippen molar-refractivity contribution < 1.29 is 19.8 Å². The quantitative estimate of drug-likeness (QED) is 0.347. The molecule has 100 valence electrons. The van der Waals surface area contributed by atoms with Crippen molar-refractivity contribution >= 4 is 11.9 Å². The highest BCUT2D eigenvalue weighted by Crippen LogP contribution is 1.91. The molecule has 0 aromatic carbocycles. The number of carbonyl (C=O) groups is 2. The third-order valence-corrected chi connectivity index (χ3v) is 2.26. The minimum Gasteiger partial charge on any atom is -0.481 e. The lowest BCUT2D eigenvalue weighted by Crippen LogP contribution is -2.47. The van der Waals surface area contributed by atoms with Crippen LogP contribution in [0, 0.1) is 0 Å². The van der Waals surface area contributed by atoms with E-state index in [4.69, 9.17) is 15.9 Å². The molecule has 0 heterocycles. The summed E-state index contributed by atoms with van der Waals surface area (Å²) in [6.07, 6.45) is 0.0569. The molecule has 0 fully saturated rings. The van der Waals surface area contributed by atoms with E-state index >= 15 is 0 Å². The van der Waals surface area contributed by atoms with Gasteiger partial charge in [-0.1, -0.05) is 0 Å². The largest absolute Gasteiger partial charge is 0.481 e. The van der Waals surface area contributed by atoms with Crippen molar-refractivity contribution in [2.75, 3.05) is 13.1 Å². The van der Waals surface area contributed by atoms with Gasteiger partial charge in [-0.3, -0.25) is 9.59 Å². The molecule has 0 radical (unpaired) electrons. The molecule has 0 aliphatic heterocycles. The molecule has 0 aliphatic carbocycles. The van der Waals surface area contributed by atoms with E-state index in [1.54, 1.807) is 6.92 Å². The van der Waals surface area contributed by atoms with Crippen LogP contribution >= 0.6 is 0 Å². The zero-order valence-corrected chi connectivity index (χ0v) is 10.1. The van der Waals surface area contributed by atoms with Gasteiger partial charge in [0.15, 0.2) is 0 Å². The van der Waals surface area contributed by atoms with Gasteiger partial charge in [0.05, 0.1) is 6.42 Å². The molecular formula is C10H21N3O4. The molecule has 0 rings (SSSR count). The number of aliphatic carboxylic acids is 2. The highest BCUT2D eigenvalue weighted by atomic mass is 16.4. The minimum atomic E-state index is -1.04. The zero-order chi connectivity index (χ0) is 13.4. The molecule has 0 spiro atoms. The molecule has 0 aromatic rings. The fourth-order valence-electron chi connectivity index (χ4n) is 1.20. The first kappa shape index (κ1) is 15.8. The summed E-state index contributed by atoms with van der Waals surface area (Å²) in [6.45, 7) is 4.39. The summed E-state index contributed by atoms with van der Waals surface area (Å²) in [5.74, 6) is -1.89. The molecule has 0 bridgehead atoms. The lowest BCUT2D eigenvalue weighted by molar-refractivity contribution is -0.139. The maximum Gasteiger partial charge on any atom is 0.321 e. The summed E-state index contributed by atoms with van der Waals surface area (Å²) >= 11 is 0. The predicted molar refractivity (Wildman–Crippen MR) is 62.8 cm³/mol. The molecule has 0 saturated heterocycles. The Labute approximate surface area is 100 Å². The van der Waals surface area contributed by atoms with E-state index in [-0.39, 0.29) is 25.0 Å². The summed E-state index contributed by atoms with van der Waals surface area (Å²) in [6, 6.07) is -1.02. The van der Waals surface area contributed by atoms with Crippen LogP contribution in [-0.2, 0) is 9.59 Å². The minimum absolute atomic E-state index is 0.0247. The molecule has 0 aromatic heterocycles. The second kappa shape index (κ2) is 7.99. The van der Waals surface area contributed by atoms with E-state index in [2.05, 4.69) is 10.6 Å². The number of carboxylic acids is 2. The molecule has 0 aliphatic rings. The second-order valence-electron chi connectivity index (χ2n) is 4.16. The van der Waals surface area contributed by atoms with Crippen LogP contribution in [0.1, 0.15) is 20.3 Å². The van der Waals surface area contributed by atoms with Gasteiger partial charge in [-0.2, -0.15) is 0 Å². The van der Waals surface area contributed by atoms with Gasteiger partial charge in [0, 0.05) is 25.2 Å². The Bertz CT molecular complexity index is 260. The van der Waals surface area contributed by atoms with Gasteiger partial charge in [-0.25, -0.2) is 0 Å². The smallest absolute Gasteiger partial charge is 0.321 e. The van der Waals surface area contributed by atoms with Crippen LogP contribution in [0.15, 0.2) is 0 Å². The Kier molecular flexibility index (Phi) is 7.44. The van der Waals surface area contributed by atoms with Crippen LogP contribution in [0.3, 0.4) is 0 Å². The summed E-state index contributed by atoms with van der Waals surface area (Å²) in [5, 5.41) is 23.1. The van der Waals surface area contributed by atoms with Crippen molar-refractivity contribution in [1.82, 2.24) is 10.6 Å². The normalized spacial score (nSPS) is 16.2. The average molecular weight is 247 g/mol. The Hall–Kier alpha value is -1.18. The van der Waals surface area contributed by atoms with Crippen molar-refractivity contribution in [3.63, 3.8) is 0 Å². The fraction of sp³-hybridized carbons (Fsp3) is 0.800. The Morgan fingerprint density at radius 1 is 1.12 bits per heavy atom. The van der Waals surface area contributed by atoms with Crippen LogP contribution < -0.4 is 16.4 Å². The summed E-state index contributed by atoms with van der Waals surface area (Å²) in [7, 11) is 0. The highest BCUT2D eigenvalue weighted by Gasteiger charge is 2.13. The number of nitrogens with one attached hydrogen (secondary N) is 2. The van der Waals surface area contributed by atoms with E-state index in [0.29, 0.717) is 6.54 Å². The first-order chi connectivity index (χ1) is 7.82. The molecular weight excluding hydrogens is 226 g/mol. The summed E-state index contributed by atoms with van der Waals surface area (Å²) in [4.78, 5) is 20.9. The number of nitrogens with two attached hydrogens (primary N) is 1.